The summed E-state index contributed by atoms with van der Waals surface area (Å²) in [4.78, 5) is 5.06. The Balaban J connectivity index is 1.54. The normalized spacial score (nSPS) is 16.5. The number of aliphatic hydroxyl groups excluding tert-OH is 1. The summed E-state index contributed by atoms with van der Waals surface area (Å²) in [6.45, 7) is 13.5. The summed E-state index contributed by atoms with van der Waals surface area (Å²) in [5, 5.41) is 13.7. The van der Waals surface area contributed by atoms with E-state index in [1.807, 2.05) is 4.68 Å². The van der Waals surface area contributed by atoms with Gasteiger partial charge in [0.1, 0.15) is 0 Å². The first kappa shape index (κ1) is 18.1. The highest BCUT2D eigenvalue weighted by molar-refractivity contribution is 5.25. The molecule has 0 atom stereocenters. The summed E-state index contributed by atoms with van der Waals surface area (Å²) in [7, 11) is 0. The lowest BCUT2D eigenvalue weighted by atomic mass is 10.1. The molecule has 2 heterocycles. The lowest BCUT2D eigenvalue weighted by Gasteiger charge is -2.34. The minimum absolute atomic E-state index is 0.138. The van der Waals surface area contributed by atoms with Gasteiger partial charge in [-0.2, -0.15) is 5.10 Å². The van der Waals surface area contributed by atoms with Gasteiger partial charge in [0, 0.05) is 50.5 Å². The van der Waals surface area contributed by atoms with Crippen LogP contribution in [-0.4, -0.2) is 57.5 Å². The molecule has 0 unspecified atom stereocenters. The van der Waals surface area contributed by atoms with Crippen LogP contribution < -0.4 is 0 Å². The molecule has 1 aromatic heterocycles. The summed E-state index contributed by atoms with van der Waals surface area (Å²) >= 11 is 0. The van der Waals surface area contributed by atoms with Gasteiger partial charge in [-0.05, 0) is 26.3 Å². The van der Waals surface area contributed by atoms with Gasteiger partial charge in [-0.3, -0.25) is 14.5 Å². The third-order valence-electron chi connectivity index (χ3n) is 5.18. The maximum absolute atomic E-state index is 9.16. The van der Waals surface area contributed by atoms with Crippen LogP contribution >= 0.6 is 0 Å². The van der Waals surface area contributed by atoms with Gasteiger partial charge in [0.2, 0.25) is 0 Å². The van der Waals surface area contributed by atoms with Gasteiger partial charge in [-0.25, -0.2) is 0 Å². The highest BCUT2D eigenvalue weighted by atomic mass is 16.3. The Morgan fingerprint density at radius 3 is 2.32 bits per heavy atom. The molecule has 0 radical (unpaired) electrons. The summed E-state index contributed by atoms with van der Waals surface area (Å²) in [6, 6.07) is 8.82. The van der Waals surface area contributed by atoms with Crippen molar-refractivity contribution in [3.8, 4) is 0 Å². The molecule has 25 heavy (non-hydrogen) atoms. The van der Waals surface area contributed by atoms with E-state index in [2.05, 4.69) is 59.9 Å². The molecule has 0 spiro atoms. The van der Waals surface area contributed by atoms with Gasteiger partial charge >= 0.3 is 0 Å². The van der Waals surface area contributed by atoms with Crippen molar-refractivity contribution in [3.63, 3.8) is 0 Å². The van der Waals surface area contributed by atoms with Crippen molar-refractivity contribution < 1.29 is 5.11 Å². The van der Waals surface area contributed by atoms with Crippen molar-refractivity contribution in [3.05, 3.63) is 52.3 Å². The zero-order valence-electron chi connectivity index (χ0n) is 15.7. The zero-order chi connectivity index (χ0) is 17.8. The Labute approximate surface area is 150 Å². The fourth-order valence-corrected chi connectivity index (χ4v) is 3.67. The van der Waals surface area contributed by atoms with E-state index in [-0.39, 0.29) is 6.61 Å². The zero-order valence-corrected chi connectivity index (χ0v) is 15.7. The van der Waals surface area contributed by atoms with E-state index in [4.69, 9.17) is 5.11 Å². The minimum Gasteiger partial charge on any atom is -0.394 e. The molecule has 0 amide bonds. The van der Waals surface area contributed by atoms with Gasteiger partial charge in [-0.1, -0.05) is 29.8 Å². The van der Waals surface area contributed by atoms with Crippen molar-refractivity contribution in [2.24, 2.45) is 0 Å². The van der Waals surface area contributed by atoms with Crippen molar-refractivity contribution in [2.75, 3.05) is 32.8 Å². The predicted molar refractivity (Wildman–Crippen MR) is 101 cm³/mol. The van der Waals surface area contributed by atoms with Gasteiger partial charge in [0.25, 0.3) is 0 Å². The largest absolute Gasteiger partial charge is 0.394 e. The Bertz CT molecular complexity index is 702. The number of nitrogens with zero attached hydrogens (tertiary/aromatic N) is 4. The maximum atomic E-state index is 9.16. The number of aromatic nitrogens is 2. The molecule has 1 aliphatic heterocycles. The van der Waals surface area contributed by atoms with Crippen LogP contribution in [0.5, 0.6) is 0 Å². The Morgan fingerprint density at radius 1 is 1.00 bits per heavy atom. The van der Waals surface area contributed by atoms with Crippen LogP contribution in [-0.2, 0) is 19.6 Å². The Kier molecular flexibility index (Phi) is 5.89. The molecule has 1 fully saturated rings. The standard InChI is InChI=1S/C20H30N4O/c1-16-5-4-6-19(13-16)14-22-7-9-23(10-8-22)15-20-17(2)21-24(11-12-25)18(20)3/h4-6,13,25H,7-12,14-15H2,1-3H3. The molecule has 2 aromatic rings. The molecule has 1 aliphatic rings. The monoisotopic (exact) mass is 342 g/mol. The molecule has 1 N–H and O–H groups in total. The second-order valence-corrected chi connectivity index (χ2v) is 7.14. The first-order valence-electron chi connectivity index (χ1n) is 9.21. The first-order chi connectivity index (χ1) is 12.1. The number of aryl methyl sites for hydroxylation is 2. The van der Waals surface area contributed by atoms with E-state index in [1.54, 1.807) is 0 Å². The van der Waals surface area contributed by atoms with E-state index in [0.29, 0.717) is 6.54 Å². The highest BCUT2D eigenvalue weighted by Crippen LogP contribution is 2.17. The van der Waals surface area contributed by atoms with Crippen molar-refractivity contribution in [1.82, 2.24) is 19.6 Å². The van der Waals surface area contributed by atoms with E-state index in [0.717, 1.165) is 45.0 Å². The third-order valence-corrected chi connectivity index (χ3v) is 5.18. The highest BCUT2D eigenvalue weighted by Gasteiger charge is 2.20. The Morgan fingerprint density at radius 2 is 1.68 bits per heavy atom. The van der Waals surface area contributed by atoms with E-state index >= 15 is 0 Å². The van der Waals surface area contributed by atoms with Crippen LogP contribution in [0.15, 0.2) is 24.3 Å². The van der Waals surface area contributed by atoms with Crippen LogP contribution in [0.4, 0.5) is 0 Å². The molecule has 0 saturated carbocycles. The van der Waals surface area contributed by atoms with Gasteiger partial charge in [0.05, 0.1) is 18.8 Å². The molecule has 0 bridgehead atoms. The van der Waals surface area contributed by atoms with E-state index < -0.39 is 0 Å². The van der Waals surface area contributed by atoms with Gasteiger partial charge < -0.3 is 5.11 Å². The van der Waals surface area contributed by atoms with Gasteiger partial charge in [-0.15, -0.1) is 0 Å². The fourth-order valence-electron chi connectivity index (χ4n) is 3.67. The number of rotatable bonds is 6. The second kappa shape index (κ2) is 8.13. The maximum Gasteiger partial charge on any atom is 0.0644 e. The number of piperazine rings is 1. The van der Waals surface area contributed by atoms with Crippen LogP contribution in [0, 0.1) is 20.8 Å². The molecule has 5 nitrogen and oxygen atoms in total. The van der Waals surface area contributed by atoms with Crippen molar-refractivity contribution >= 4 is 0 Å². The lowest BCUT2D eigenvalue weighted by Crippen LogP contribution is -2.45. The first-order valence-corrected chi connectivity index (χ1v) is 9.21. The minimum atomic E-state index is 0.138. The average Bonchev–Trinajstić information content (AvgIpc) is 2.85. The number of hydrogen-bond donors (Lipinski definition) is 1. The average molecular weight is 342 g/mol. The molecule has 3 rings (SSSR count). The molecule has 1 saturated heterocycles. The smallest absolute Gasteiger partial charge is 0.0644 e. The molecular formula is C20H30N4O. The molecule has 5 heteroatoms. The Hall–Kier alpha value is -1.69. The molecule has 136 valence electrons. The molecule has 0 aliphatic carbocycles. The fraction of sp³-hybridized carbons (Fsp3) is 0.550. The second-order valence-electron chi connectivity index (χ2n) is 7.14. The molecular weight excluding hydrogens is 312 g/mol. The van der Waals surface area contributed by atoms with E-state index in [1.165, 1.54) is 22.4 Å². The van der Waals surface area contributed by atoms with E-state index in [9.17, 15) is 0 Å². The van der Waals surface area contributed by atoms with Crippen LogP contribution in [0.3, 0.4) is 0 Å². The predicted octanol–water partition coefficient (Wildman–Crippen LogP) is 2.12. The van der Waals surface area contributed by atoms with Gasteiger partial charge in [0.15, 0.2) is 0 Å². The summed E-state index contributed by atoms with van der Waals surface area (Å²) in [5.74, 6) is 0. The SMILES string of the molecule is Cc1cccc(CN2CCN(Cc3c(C)nn(CCO)c3C)CC2)c1. The van der Waals surface area contributed by atoms with Crippen molar-refractivity contribution in [2.45, 2.75) is 40.4 Å². The molecule has 1 aromatic carbocycles. The number of aliphatic hydroxyl groups is 1. The lowest BCUT2D eigenvalue weighted by molar-refractivity contribution is 0.121. The van der Waals surface area contributed by atoms with Crippen LogP contribution in [0.1, 0.15) is 28.1 Å². The summed E-state index contributed by atoms with van der Waals surface area (Å²) in [5.41, 5.74) is 6.34. The third kappa shape index (κ3) is 4.48. The summed E-state index contributed by atoms with van der Waals surface area (Å²) < 4.78 is 1.93. The topological polar surface area (TPSA) is 44.5 Å². The van der Waals surface area contributed by atoms with Crippen LogP contribution in [0.2, 0.25) is 0 Å². The quantitative estimate of drug-likeness (QED) is 0.873. The summed E-state index contributed by atoms with van der Waals surface area (Å²) in [6.07, 6.45) is 0. The number of hydrogen-bond acceptors (Lipinski definition) is 4. The van der Waals surface area contributed by atoms with Crippen molar-refractivity contribution in [1.29, 1.82) is 0 Å². The number of benzene rings is 1. The van der Waals surface area contributed by atoms with Crippen LogP contribution in [0.25, 0.3) is 0 Å².